The maximum absolute atomic E-state index is 10.3. The first-order chi connectivity index (χ1) is 7.56. The zero-order chi connectivity index (χ0) is 12.6. The summed E-state index contributed by atoms with van der Waals surface area (Å²) in [5.74, 6) is -0.230. The highest BCUT2D eigenvalue weighted by atomic mass is 35.5. The largest absolute Gasteiger partial charge is 0.506 e. The quantitative estimate of drug-likeness (QED) is 0.580. The van der Waals surface area contributed by atoms with E-state index in [-0.39, 0.29) is 33.7 Å². The van der Waals surface area contributed by atoms with E-state index in [9.17, 15) is 4.79 Å². The minimum Gasteiger partial charge on any atom is -0.506 e. The molecule has 0 aromatic heterocycles. The van der Waals surface area contributed by atoms with Crippen LogP contribution in [0.2, 0.25) is 10.0 Å². The van der Waals surface area contributed by atoms with Crippen molar-refractivity contribution in [2.75, 3.05) is 13.1 Å². The van der Waals surface area contributed by atoms with Gasteiger partial charge in [-0.05, 0) is 31.6 Å². The van der Waals surface area contributed by atoms with Crippen LogP contribution in [0.4, 0.5) is 0 Å². The number of hydrogen-bond acceptors (Lipinski definition) is 4. The van der Waals surface area contributed by atoms with Gasteiger partial charge in [0.05, 0.1) is 10.6 Å². The Morgan fingerprint density at radius 2 is 1.76 bits per heavy atom. The van der Waals surface area contributed by atoms with Crippen LogP contribution in [0.25, 0.3) is 0 Å². The van der Waals surface area contributed by atoms with Gasteiger partial charge in [0.2, 0.25) is 0 Å². The standard InChI is InChI=1S/C7H4Cl2O2.C3H10N2.Al/c8-5-1-4(3-10)7(11)6(9)2-5;4-2-1-3-5;/h1-3,11H;1-5H2;. The molecule has 0 atom stereocenters. The van der Waals surface area contributed by atoms with Gasteiger partial charge in [-0.2, -0.15) is 0 Å². The second kappa shape index (κ2) is 10.9. The highest BCUT2D eigenvalue weighted by molar-refractivity contribution is 6.36. The lowest BCUT2D eigenvalue weighted by molar-refractivity contribution is 0.112. The molecular formula is C10H14AlCl2N2O2. The van der Waals surface area contributed by atoms with Crippen molar-refractivity contribution in [1.29, 1.82) is 0 Å². The van der Waals surface area contributed by atoms with E-state index in [4.69, 9.17) is 39.8 Å². The lowest BCUT2D eigenvalue weighted by Gasteiger charge is -1.99. The van der Waals surface area contributed by atoms with E-state index in [2.05, 4.69) is 0 Å². The Balaban J connectivity index is 0. The second-order valence-electron chi connectivity index (χ2n) is 2.87. The average Bonchev–Trinajstić information content (AvgIpc) is 2.25. The lowest BCUT2D eigenvalue weighted by Crippen LogP contribution is -2.06. The molecule has 0 saturated heterocycles. The summed E-state index contributed by atoms with van der Waals surface area (Å²) in [4.78, 5) is 10.3. The second-order valence-corrected chi connectivity index (χ2v) is 3.72. The van der Waals surface area contributed by atoms with Gasteiger partial charge in [-0.15, -0.1) is 0 Å². The first-order valence-electron chi connectivity index (χ1n) is 4.60. The van der Waals surface area contributed by atoms with Crippen LogP contribution >= 0.6 is 23.2 Å². The Morgan fingerprint density at radius 3 is 2.12 bits per heavy atom. The fourth-order valence-corrected chi connectivity index (χ4v) is 1.30. The topological polar surface area (TPSA) is 89.3 Å². The van der Waals surface area contributed by atoms with Gasteiger partial charge in [-0.25, -0.2) is 0 Å². The van der Waals surface area contributed by atoms with Gasteiger partial charge in [-0.1, -0.05) is 23.2 Å². The smallest absolute Gasteiger partial charge is 0.153 e. The molecule has 1 aromatic carbocycles. The molecule has 1 aromatic rings. The van der Waals surface area contributed by atoms with Crippen molar-refractivity contribution < 1.29 is 9.90 Å². The van der Waals surface area contributed by atoms with Crippen molar-refractivity contribution in [3.63, 3.8) is 0 Å². The molecule has 93 valence electrons. The molecule has 0 unspecified atom stereocenters. The predicted molar refractivity (Wildman–Crippen MR) is 72.0 cm³/mol. The number of aldehydes is 1. The summed E-state index contributed by atoms with van der Waals surface area (Å²) >= 11 is 11.1. The Kier molecular flexibility index (Phi) is 12.2. The van der Waals surface area contributed by atoms with Gasteiger partial charge in [0.15, 0.2) is 6.29 Å². The lowest BCUT2D eigenvalue weighted by atomic mass is 10.2. The summed E-state index contributed by atoms with van der Waals surface area (Å²) in [6.07, 6.45) is 1.44. The number of carbonyl (C=O) groups excluding carboxylic acids is 1. The molecule has 0 heterocycles. The fraction of sp³-hybridized carbons (Fsp3) is 0.300. The Hall–Kier alpha value is -0.278. The SMILES string of the molecule is NCCCN.O=Cc1cc(Cl)cc(Cl)c1O.[Al]. The number of phenols is 1. The van der Waals surface area contributed by atoms with Crippen molar-refractivity contribution in [3.05, 3.63) is 27.7 Å². The molecular weight excluding hydrogens is 278 g/mol. The molecule has 0 fully saturated rings. The van der Waals surface area contributed by atoms with Gasteiger partial charge >= 0.3 is 0 Å². The van der Waals surface area contributed by atoms with Gasteiger partial charge < -0.3 is 16.6 Å². The molecule has 4 nitrogen and oxygen atoms in total. The molecule has 1 rings (SSSR count). The molecule has 0 saturated carbocycles. The van der Waals surface area contributed by atoms with Crippen molar-refractivity contribution in [2.45, 2.75) is 6.42 Å². The van der Waals surface area contributed by atoms with Crippen molar-refractivity contribution in [3.8, 4) is 5.75 Å². The van der Waals surface area contributed by atoms with E-state index in [1.165, 1.54) is 12.1 Å². The number of halogens is 2. The Labute approximate surface area is 121 Å². The van der Waals surface area contributed by atoms with Gasteiger partial charge in [-0.3, -0.25) is 4.79 Å². The molecule has 0 aliphatic rings. The fourth-order valence-electron chi connectivity index (χ4n) is 0.794. The van der Waals surface area contributed by atoms with Gasteiger partial charge in [0.25, 0.3) is 0 Å². The molecule has 3 radical (unpaired) electrons. The first kappa shape index (κ1) is 19.1. The summed E-state index contributed by atoms with van der Waals surface area (Å²) in [6.45, 7) is 1.44. The number of phenolic OH excluding ortho intramolecular Hbond substituents is 1. The minimum atomic E-state index is -0.230. The van der Waals surface area contributed by atoms with Gasteiger partial charge in [0, 0.05) is 22.4 Å². The Bertz CT molecular complexity index is 349. The molecule has 5 N–H and O–H groups in total. The normalized spacial score (nSPS) is 8.71. The average molecular weight is 292 g/mol. The van der Waals surface area contributed by atoms with E-state index in [1.807, 2.05) is 0 Å². The summed E-state index contributed by atoms with van der Waals surface area (Å²) in [5.41, 5.74) is 10.2. The maximum Gasteiger partial charge on any atom is 0.153 e. The number of aromatic hydroxyl groups is 1. The molecule has 0 bridgehead atoms. The van der Waals surface area contributed by atoms with Crippen molar-refractivity contribution >= 4 is 46.8 Å². The summed E-state index contributed by atoms with van der Waals surface area (Å²) in [5, 5.41) is 9.51. The van der Waals surface area contributed by atoms with Crippen LogP contribution in [-0.2, 0) is 0 Å². The van der Waals surface area contributed by atoms with E-state index < -0.39 is 0 Å². The third-order valence-electron chi connectivity index (χ3n) is 1.59. The zero-order valence-electron chi connectivity index (χ0n) is 9.20. The molecule has 0 spiro atoms. The van der Waals surface area contributed by atoms with Crippen LogP contribution in [0.15, 0.2) is 12.1 Å². The Morgan fingerprint density at radius 1 is 1.24 bits per heavy atom. The molecule has 7 heteroatoms. The highest BCUT2D eigenvalue weighted by Crippen LogP contribution is 2.29. The van der Waals surface area contributed by atoms with Crippen LogP contribution < -0.4 is 11.5 Å². The van der Waals surface area contributed by atoms with Crippen molar-refractivity contribution in [1.82, 2.24) is 0 Å². The first-order valence-corrected chi connectivity index (χ1v) is 5.35. The van der Waals surface area contributed by atoms with Gasteiger partial charge in [0.1, 0.15) is 5.75 Å². The number of carbonyl (C=O) groups is 1. The summed E-state index contributed by atoms with van der Waals surface area (Å²) in [6, 6.07) is 2.71. The van der Waals surface area contributed by atoms with Crippen molar-refractivity contribution in [2.24, 2.45) is 11.5 Å². The zero-order valence-corrected chi connectivity index (χ0v) is 11.9. The van der Waals surface area contributed by atoms with Crippen LogP contribution in [0.5, 0.6) is 5.75 Å². The van der Waals surface area contributed by atoms with Crippen LogP contribution in [-0.4, -0.2) is 41.8 Å². The maximum atomic E-state index is 10.3. The van der Waals surface area contributed by atoms with Crippen LogP contribution in [0, 0.1) is 0 Å². The summed E-state index contributed by atoms with van der Waals surface area (Å²) < 4.78 is 0. The molecule has 0 aliphatic carbocycles. The number of rotatable bonds is 3. The molecule has 0 amide bonds. The summed E-state index contributed by atoms with van der Waals surface area (Å²) in [7, 11) is 0. The predicted octanol–water partition coefficient (Wildman–Crippen LogP) is 1.42. The minimum absolute atomic E-state index is 0. The van der Waals surface area contributed by atoms with Crippen LogP contribution in [0.3, 0.4) is 0 Å². The molecule has 0 aliphatic heterocycles. The third-order valence-corrected chi connectivity index (χ3v) is 2.10. The van der Waals surface area contributed by atoms with E-state index in [1.54, 1.807) is 0 Å². The third kappa shape index (κ3) is 7.61. The molecule has 17 heavy (non-hydrogen) atoms. The van der Waals surface area contributed by atoms with Crippen LogP contribution in [0.1, 0.15) is 16.8 Å². The number of hydrogen-bond donors (Lipinski definition) is 3. The highest BCUT2D eigenvalue weighted by Gasteiger charge is 2.05. The van der Waals surface area contributed by atoms with E-state index in [0.717, 1.165) is 19.5 Å². The van der Waals surface area contributed by atoms with E-state index in [0.29, 0.717) is 11.3 Å². The number of benzene rings is 1. The van der Waals surface area contributed by atoms with E-state index >= 15 is 0 Å². The monoisotopic (exact) mass is 291 g/mol. The number of nitrogens with two attached hydrogens (primary N) is 2.